The molecule has 7 nitrogen and oxygen atoms in total. The number of thiophene rings is 1. The number of nitro groups is 1. The molecule has 0 radical (unpaired) electrons. The number of carbonyl (C=O) groups is 1. The van der Waals surface area contributed by atoms with Crippen molar-refractivity contribution in [2.45, 2.75) is 13.0 Å². The molecule has 0 aliphatic rings. The van der Waals surface area contributed by atoms with Gasteiger partial charge in [0.2, 0.25) is 0 Å². The molecule has 0 bridgehead atoms. The smallest absolute Gasteiger partial charge is 0.286 e. The standard InChI is InChI=1S/C15H16N2O5S/c1-9(14-5-4-6-23-14)16-15(18)10-7-12(21-2)13(22-3)8-11(10)17(19)20/h4-9H,1-3H3,(H,16,18). The third-order valence-electron chi connectivity index (χ3n) is 3.26. The van der Waals surface area contributed by atoms with E-state index >= 15 is 0 Å². The Kier molecular flexibility index (Phi) is 5.17. The number of carbonyl (C=O) groups excluding carboxylic acids is 1. The van der Waals surface area contributed by atoms with E-state index in [1.165, 1.54) is 37.7 Å². The van der Waals surface area contributed by atoms with Gasteiger partial charge in [-0.3, -0.25) is 14.9 Å². The van der Waals surface area contributed by atoms with Gasteiger partial charge in [-0.15, -0.1) is 11.3 Å². The monoisotopic (exact) mass is 336 g/mol. The van der Waals surface area contributed by atoms with Crippen LogP contribution in [0.4, 0.5) is 5.69 Å². The highest BCUT2D eigenvalue weighted by molar-refractivity contribution is 7.10. The number of nitro benzene ring substituents is 1. The molecule has 0 saturated heterocycles. The van der Waals surface area contributed by atoms with Crippen molar-refractivity contribution in [3.8, 4) is 11.5 Å². The van der Waals surface area contributed by atoms with Crippen LogP contribution in [0.1, 0.15) is 28.2 Å². The molecule has 2 rings (SSSR count). The molecule has 1 heterocycles. The Balaban J connectivity index is 2.36. The van der Waals surface area contributed by atoms with Crippen molar-refractivity contribution in [2.24, 2.45) is 0 Å². The quantitative estimate of drug-likeness (QED) is 0.646. The minimum Gasteiger partial charge on any atom is -0.493 e. The molecule has 2 aromatic rings. The maximum Gasteiger partial charge on any atom is 0.286 e. The molecule has 1 amide bonds. The predicted octanol–water partition coefficient (Wildman–Crippen LogP) is 3.16. The fourth-order valence-corrected chi connectivity index (χ4v) is 2.82. The summed E-state index contributed by atoms with van der Waals surface area (Å²) in [4.78, 5) is 24.0. The fraction of sp³-hybridized carbons (Fsp3) is 0.267. The van der Waals surface area contributed by atoms with Crippen molar-refractivity contribution in [3.05, 3.63) is 50.2 Å². The first kappa shape index (κ1) is 16.8. The number of hydrogen-bond acceptors (Lipinski definition) is 6. The van der Waals surface area contributed by atoms with Crippen LogP contribution >= 0.6 is 11.3 Å². The van der Waals surface area contributed by atoms with Crippen molar-refractivity contribution in [3.63, 3.8) is 0 Å². The molecule has 8 heteroatoms. The molecule has 0 aliphatic heterocycles. The topological polar surface area (TPSA) is 90.7 Å². The summed E-state index contributed by atoms with van der Waals surface area (Å²) in [6, 6.07) is 6.01. The summed E-state index contributed by atoms with van der Waals surface area (Å²) in [5.41, 5.74) is -0.408. The van der Waals surface area contributed by atoms with E-state index in [9.17, 15) is 14.9 Å². The van der Waals surface area contributed by atoms with Crippen LogP contribution in [0.5, 0.6) is 11.5 Å². The summed E-state index contributed by atoms with van der Waals surface area (Å²) in [6.45, 7) is 1.82. The number of nitrogens with zero attached hydrogens (tertiary/aromatic N) is 1. The summed E-state index contributed by atoms with van der Waals surface area (Å²) in [5, 5.41) is 15.9. The van der Waals surface area contributed by atoms with Crippen molar-refractivity contribution < 1.29 is 19.2 Å². The average molecular weight is 336 g/mol. The third-order valence-corrected chi connectivity index (χ3v) is 4.32. The number of nitrogens with one attached hydrogen (secondary N) is 1. The van der Waals surface area contributed by atoms with Gasteiger partial charge < -0.3 is 14.8 Å². The summed E-state index contributed by atoms with van der Waals surface area (Å²) in [6.07, 6.45) is 0. The molecule has 0 spiro atoms. The first-order chi connectivity index (χ1) is 11.0. The zero-order valence-corrected chi connectivity index (χ0v) is 13.7. The van der Waals surface area contributed by atoms with Gasteiger partial charge >= 0.3 is 0 Å². The zero-order chi connectivity index (χ0) is 17.0. The normalized spacial score (nSPS) is 11.6. The Labute approximate surface area is 137 Å². The SMILES string of the molecule is COc1cc(C(=O)NC(C)c2cccs2)c([N+](=O)[O-])cc1OC. The molecular weight excluding hydrogens is 320 g/mol. The highest BCUT2D eigenvalue weighted by Crippen LogP contribution is 2.34. The number of hydrogen-bond donors (Lipinski definition) is 1. The van der Waals surface area contributed by atoms with Crippen molar-refractivity contribution in [2.75, 3.05) is 14.2 Å². The first-order valence-corrected chi connectivity index (χ1v) is 7.60. The van der Waals surface area contributed by atoms with Crippen LogP contribution in [-0.2, 0) is 0 Å². The van der Waals surface area contributed by atoms with Crippen LogP contribution in [0.15, 0.2) is 29.6 Å². The minimum atomic E-state index is -0.618. The molecular formula is C15H16N2O5S. The van der Waals surface area contributed by atoms with Crippen molar-refractivity contribution in [1.82, 2.24) is 5.32 Å². The van der Waals surface area contributed by atoms with E-state index in [-0.39, 0.29) is 28.8 Å². The van der Waals surface area contributed by atoms with E-state index in [0.29, 0.717) is 0 Å². The number of methoxy groups -OCH3 is 2. The van der Waals surface area contributed by atoms with Crippen LogP contribution in [0.3, 0.4) is 0 Å². The van der Waals surface area contributed by atoms with Gasteiger partial charge in [-0.1, -0.05) is 6.07 Å². The summed E-state index contributed by atoms with van der Waals surface area (Å²) < 4.78 is 10.2. The van der Waals surface area contributed by atoms with Gasteiger partial charge in [0.05, 0.1) is 31.3 Å². The molecule has 0 saturated carbocycles. The molecule has 1 aromatic carbocycles. The van der Waals surface area contributed by atoms with Gasteiger partial charge in [-0.25, -0.2) is 0 Å². The number of rotatable bonds is 6. The van der Waals surface area contributed by atoms with Crippen LogP contribution in [0.25, 0.3) is 0 Å². The first-order valence-electron chi connectivity index (χ1n) is 6.72. The second-order valence-electron chi connectivity index (χ2n) is 4.69. The fourth-order valence-electron chi connectivity index (χ4n) is 2.08. The maximum absolute atomic E-state index is 12.4. The summed E-state index contributed by atoms with van der Waals surface area (Å²) in [7, 11) is 2.78. The predicted molar refractivity (Wildman–Crippen MR) is 86.4 cm³/mol. The number of ether oxygens (including phenoxy) is 2. The van der Waals surface area contributed by atoms with Gasteiger partial charge in [-0.2, -0.15) is 0 Å². The van der Waals surface area contributed by atoms with Gasteiger partial charge in [0, 0.05) is 10.9 Å². The van der Waals surface area contributed by atoms with E-state index in [1.54, 1.807) is 0 Å². The lowest BCUT2D eigenvalue weighted by Crippen LogP contribution is -2.26. The largest absolute Gasteiger partial charge is 0.493 e. The van der Waals surface area contributed by atoms with Gasteiger partial charge in [-0.05, 0) is 18.4 Å². The van der Waals surface area contributed by atoms with Crippen molar-refractivity contribution >= 4 is 22.9 Å². The van der Waals surface area contributed by atoms with Crippen LogP contribution in [0, 0.1) is 10.1 Å². The molecule has 0 aliphatic carbocycles. The van der Waals surface area contributed by atoms with Crippen LogP contribution in [0.2, 0.25) is 0 Å². The second kappa shape index (κ2) is 7.10. The molecule has 1 N–H and O–H groups in total. The van der Waals surface area contributed by atoms with Crippen molar-refractivity contribution in [1.29, 1.82) is 0 Å². The molecule has 1 aromatic heterocycles. The molecule has 1 atom stereocenters. The lowest BCUT2D eigenvalue weighted by atomic mass is 10.1. The molecule has 122 valence electrons. The van der Waals surface area contributed by atoms with E-state index < -0.39 is 10.8 Å². The molecule has 0 fully saturated rings. The number of amides is 1. The average Bonchev–Trinajstić information content (AvgIpc) is 3.07. The maximum atomic E-state index is 12.4. The Morgan fingerprint density at radius 3 is 2.48 bits per heavy atom. The van der Waals surface area contributed by atoms with Gasteiger partial charge in [0.25, 0.3) is 11.6 Å². The van der Waals surface area contributed by atoms with Gasteiger partial charge in [0.15, 0.2) is 11.5 Å². The highest BCUT2D eigenvalue weighted by atomic mass is 32.1. The molecule has 23 heavy (non-hydrogen) atoms. The Bertz CT molecular complexity index is 715. The van der Waals surface area contributed by atoms with E-state index in [2.05, 4.69) is 5.32 Å². The number of benzene rings is 1. The Morgan fingerprint density at radius 2 is 1.96 bits per heavy atom. The lowest BCUT2D eigenvalue weighted by molar-refractivity contribution is -0.385. The summed E-state index contributed by atoms with van der Waals surface area (Å²) >= 11 is 1.50. The Hall–Kier alpha value is -2.61. The summed E-state index contributed by atoms with van der Waals surface area (Å²) in [5.74, 6) is -0.0902. The van der Waals surface area contributed by atoms with Gasteiger partial charge in [0.1, 0.15) is 5.56 Å². The van der Waals surface area contributed by atoms with Crippen LogP contribution < -0.4 is 14.8 Å². The third kappa shape index (κ3) is 3.59. The van der Waals surface area contributed by atoms with E-state index in [0.717, 1.165) is 4.88 Å². The van der Waals surface area contributed by atoms with Crippen LogP contribution in [-0.4, -0.2) is 25.1 Å². The minimum absolute atomic E-state index is 0.0731. The second-order valence-corrected chi connectivity index (χ2v) is 5.67. The zero-order valence-electron chi connectivity index (χ0n) is 12.9. The van der Waals surface area contributed by atoms with E-state index in [1.807, 2.05) is 24.4 Å². The van der Waals surface area contributed by atoms with E-state index in [4.69, 9.17) is 9.47 Å². The lowest BCUT2D eigenvalue weighted by Gasteiger charge is -2.14. The highest BCUT2D eigenvalue weighted by Gasteiger charge is 2.25. The Morgan fingerprint density at radius 1 is 1.30 bits per heavy atom. The molecule has 1 unspecified atom stereocenters.